The number of nitrogens with one attached hydrogen (secondary N) is 1. The number of carbonyl (C=O) groups excluding carboxylic acids is 1. The Bertz CT molecular complexity index is 1930. The number of hydrogen-bond donors (Lipinski definition) is 12. The van der Waals surface area contributed by atoms with Crippen LogP contribution in [0.5, 0.6) is 0 Å². The van der Waals surface area contributed by atoms with Gasteiger partial charge in [-0.05, 0) is 51.4 Å². The van der Waals surface area contributed by atoms with E-state index in [2.05, 4.69) is 55.6 Å². The maximum absolute atomic E-state index is 13.5. The standard InChI is InChI=1S/C80H149NO18/c1-3-5-7-9-11-13-15-17-19-21-23-25-27-29-30-31-32-34-35-37-39-41-43-45-47-49-51-53-55-57-64(85)63(81-68(86)58-56-54-52-50-48-46-44-42-40-38-36-33-28-26-24-22-20-18-16-14-12-10-8-6-4-2)62-94-78-74(92)71(89)76(66(60-83)96-78)99-80-75(93)72(90)77(67(61-84)97-80)98-79-73(91)70(88)69(87)65(59-82)95-79/h16,18,22,24,28,33,63-67,69-80,82-85,87-93H,3-15,17,19-21,23,25-27,29-32,34-62H2,1-2H3,(H,81,86)/b18-16-,24-22-,33-28-. The fourth-order valence-corrected chi connectivity index (χ4v) is 13.9. The number of aliphatic hydroxyl groups is 11. The van der Waals surface area contributed by atoms with Gasteiger partial charge >= 0.3 is 0 Å². The number of amides is 1. The Hall–Kier alpha value is -1.99. The monoisotopic (exact) mass is 1410 g/mol. The molecule has 17 unspecified atom stereocenters. The number of unbranched alkanes of at least 4 members (excludes halogenated alkanes) is 43. The minimum atomic E-state index is -1.97. The third kappa shape index (κ3) is 41.5. The lowest BCUT2D eigenvalue weighted by atomic mass is 9.96. The van der Waals surface area contributed by atoms with E-state index in [-0.39, 0.29) is 18.9 Å². The van der Waals surface area contributed by atoms with Gasteiger partial charge in [-0.1, -0.05) is 314 Å². The molecule has 99 heavy (non-hydrogen) atoms. The Labute approximate surface area is 600 Å². The molecule has 0 bridgehead atoms. The lowest BCUT2D eigenvalue weighted by molar-refractivity contribution is -0.379. The van der Waals surface area contributed by atoms with E-state index in [1.807, 2.05) is 0 Å². The number of ether oxygens (including phenoxy) is 6. The van der Waals surface area contributed by atoms with Crippen molar-refractivity contribution in [2.75, 3.05) is 26.4 Å². The third-order valence-corrected chi connectivity index (χ3v) is 20.5. The van der Waals surface area contributed by atoms with Crippen LogP contribution in [0.4, 0.5) is 0 Å². The zero-order valence-corrected chi connectivity index (χ0v) is 62.2. The molecule has 3 aliphatic heterocycles. The molecule has 0 radical (unpaired) electrons. The van der Waals surface area contributed by atoms with Crippen LogP contribution in [0.2, 0.25) is 0 Å². The summed E-state index contributed by atoms with van der Waals surface area (Å²) in [7, 11) is 0. The van der Waals surface area contributed by atoms with E-state index in [4.69, 9.17) is 28.4 Å². The van der Waals surface area contributed by atoms with Crippen molar-refractivity contribution >= 4 is 5.91 Å². The van der Waals surface area contributed by atoms with Crippen LogP contribution in [0.15, 0.2) is 36.5 Å². The normalized spacial score (nSPS) is 26.7. The highest BCUT2D eigenvalue weighted by Crippen LogP contribution is 2.33. The van der Waals surface area contributed by atoms with Crippen LogP contribution < -0.4 is 5.32 Å². The first kappa shape index (κ1) is 91.2. The second-order valence-electron chi connectivity index (χ2n) is 29.2. The average Bonchev–Trinajstić information content (AvgIpc) is 0.755. The van der Waals surface area contributed by atoms with Gasteiger partial charge in [-0.2, -0.15) is 0 Å². The van der Waals surface area contributed by atoms with E-state index >= 15 is 0 Å². The van der Waals surface area contributed by atoms with Crippen molar-refractivity contribution in [2.24, 2.45) is 0 Å². The summed E-state index contributed by atoms with van der Waals surface area (Å²) in [6, 6.07) is -0.892. The van der Waals surface area contributed by atoms with Crippen LogP contribution in [0.3, 0.4) is 0 Å². The number of hydrogen-bond acceptors (Lipinski definition) is 18. The van der Waals surface area contributed by atoms with Crippen LogP contribution in [0, 0.1) is 0 Å². The van der Waals surface area contributed by atoms with Gasteiger partial charge in [0.25, 0.3) is 0 Å². The molecule has 0 saturated carbocycles. The number of allylic oxidation sites excluding steroid dienone is 6. The first-order valence-electron chi connectivity index (χ1n) is 40.7. The average molecular weight is 1410 g/mol. The Morgan fingerprint density at radius 2 is 0.667 bits per heavy atom. The van der Waals surface area contributed by atoms with Crippen LogP contribution in [-0.4, -0.2) is 193 Å². The molecule has 0 aliphatic carbocycles. The predicted octanol–water partition coefficient (Wildman–Crippen LogP) is 13.5. The zero-order chi connectivity index (χ0) is 71.8. The molecule has 582 valence electrons. The molecule has 17 atom stereocenters. The van der Waals surface area contributed by atoms with Gasteiger partial charge in [-0.3, -0.25) is 4.79 Å². The molecular weight excluding hydrogens is 1260 g/mol. The van der Waals surface area contributed by atoms with Gasteiger partial charge in [-0.15, -0.1) is 0 Å². The third-order valence-electron chi connectivity index (χ3n) is 20.5. The minimum absolute atomic E-state index is 0.242. The molecule has 3 aliphatic rings. The molecule has 3 saturated heterocycles. The molecule has 0 aromatic heterocycles. The fourth-order valence-electron chi connectivity index (χ4n) is 13.9. The van der Waals surface area contributed by atoms with Gasteiger partial charge in [-0.25, -0.2) is 0 Å². The van der Waals surface area contributed by atoms with Crippen LogP contribution in [-0.2, 0) is 33.2 Å². The Morgan fingerprint density at radius 3 is 1.04 bits per heavy atom. The Balaban J connectivity index is 1.37. The largest absolute Gasteiger partial charge is 0.394 e. The second kappa shape index (κ2) is 61.2. The maximum atomic E-state index is 13.5. The summed E-state index contributed by atoms with van der Waals surface area (Å²) in [6.45, 7) is 1.84. The number of carbonyl (C=O) groups is 1. The summed E-state index contributed by atoms with van der Waals surface area (Å²) in [6.07, 6.45) is 48.0. The van der Waals surface area contributed by atoms with Gasteiger partial charge in [0, 0.05) is 6.42 Å². The number of rotatable bonds is 65. The molecule has 3 fully saturated rings. The molecular formula is C80H149NO18. The molecule has 0 spiro atoms. The summed E-state index contributed by atoms with van der Waals surface area (Å²) < 4.78 is 34.5. The molecule has 12 N–H and O–H groups in total. The summed E-state index contributed by atoms with van der Waals surface area (Å²) in [5, 5.41) is 121. The van der Waals surface area contributed by atoms with E-state index in [1.54, 1.807) is 0 Å². The Kier molecular flexibility index (Phi) is 56.4. The van der Waals surface area contributed by atoms with E-state index < -0.39 is 124 Å². The van der Waals surface area contributed by atoms with E-state index in [0.717, 1.165) is 64.2 Å². The first-order chi connectivity index (χ1) is 48.3. The van der Waals surface area contributed by atoms with Crippen LogP contribution in [0.25, 0.3) is 0 Å². The van der Waals surface area contributed by atoms with Crippen molar-refractivity contribution in [3.63, 3.8) is 0 Å². The van der Waals surface area contributed by atoms with Gasteiger partial charge in [0.15, 0.2) is 18.9 Å². The highest BCUT2D eigenvalue weighted by Gasteiger charge is 2.54. The fraction of sp³-hybridized carbons (Fsp3) is 0.912. The zero-order valence-electron chi connectivity index (χ0n) is 62.2. The van der Waals surface area contributed by atoms with Crippen molar-refractivity contribution in [2.45, 2.75) is 439 Å². The molecule has 3 rings (SSSR count). The highest BCUT2D eigenvalue weighted by atomic mass is 16.8. The van der Waals surface area contributed by atoms with E-state index in [0.29, 0.717) is 12.8 Å². The SMILES string of the molecule is CCCCCCC/C=C\C/C=C\C/C=C\CCCCCCCCCCCCC(=O)NC(COC1OC(CO)C(OC2OC(CO)C(OC3OC(CO)C(O)C(O)C3O)C(O)C2O)C(O)C1O)C(O)CCCCCCCCCCCCCCCCCCCCCCCCCCCCCCC. The molecule has 0 aromatic rings. The highest BCUT2D eigenvalue weighted by molar-refractivity contribution is 5.76. The second-order valence-corrected chi connectivity index (χ2v) is 29.2. The van der Waals surface area contributed by atoms with Crippen LogP contribution >= 0.6 is 0 Å². The predicted molar refractivity (Wildman–Crippen MR) is 393 cm³/mol. The Morgan fingerprint density at radius 1 is 0.364 bits per heavy atom. The van der Waals surface area contributed by atoms with Crippen molar-refractivity contribution in [3.05, 3.63) is 36.5 Å². The van der Waals surface area contributed by atoms with Crippen molar-refractivity contribution in [1.82, 2.24) is 5.32 Å². The number of aliphatic hydroxyl groups excluding tert-OH is 11. The molecule has 0 aromatic carbocycles. The van der Waals surface area contributed by atoms with Gasteiger partial charge in [0.1, 0.15) is 73.2 Å². The first-order valence-corrected chi connectivity index (χ1v) is 40.7. The van der Waals surface area contributed by atoms with Gasteiger partial charge < -0.3 is 89.9 Å². The smallest absolute Gasteiger partial charge is 0.220 e. The quantitative estimate of drug-likeness (QED) is 0.0199. The van der Waals surface area contributed by atoms with Gasteiger partial charge in [0.05, 0.1) is 38.6 Å². The lowest BCUT2D eigenvalue weighted by Crippen LogP contribution is -2.66. The molecule has 3 heterocycles. The topological polar surface area (TPSA) is 307 Å². The van der Waals surface area contributed by atoms with E-state index in [9.17, 15) is 61.0 Å². The van der Waals surface area contributed by atoms with E-state index in [1.165, 1.54) is 238 Å². The molecule has 19 heteroatoms. The van der Waals surface area contributed by atoms with Crippen molar-refractivity contribution in [1.29, 1.82) is 0 Å². The summed E-state index contributed by atoms with van der Waals surface area (Å²) in [5.41, 5.74) is 0. The maximum Gasteiger partial charge on any atom is 0.220 e. The van der Waals surface area contributed by atoms with Crippen LogP contribution in [0.1, 0.15) is 335 Å². The molecule has 19 nitrogen and oxygen atoms in total. The van der Waals surface area contributed by atoms with Crippen molar-refractivity contribution < 1.29 is 89.4 Å². The molecule has 1 amide bonds. The van der Waals surface area contributed by atoms with Gasteiger partial charge in [0.2, 0.25) is 5.91 Å². The summed E-state index contributed by atoms with van der Waals surface area (Å²) in [4.78, 5) is 13.5. The summed E-state index contributed by atoms with van der Waals surface area (Å²) in [5.74, 6) is -0.242. The summed E-state index contributed by atoms with van der Waals surface area (Å²) >= 11 is 0. The van der Waals surface area contributed by atoms with Crippen molar-refractivity contribution in [3.8, 4) is 0 Å². The lowest BCUT2D eigenvalue weighted by Gasteiger charge is -2.48. The minimum Gasteiger partial charge on any atom is -0.394 e.